The van der Waals surface area contributed by atoms with Gasteiger partial charge in [0, 0.05) is 22.7 Å². The molecule has 3 heteroatoms. The van der Waals surface area contributed by atoms with Crippen LogP contribution < -0.4 is 10.1 Å². The molecule has 1 aliphatic carbocycles. The molecule has 0 bridgehead atoms. The van der Waals surface area contributed by atoms with Crippen LogP contribution in [0.25, 0.3) is 0 Å². The Hall–Kier alpha value is -0.990. The predicted molar refractivity (Wildman–Crippen MR) is 85.5 cm³/mol. The molecule has 0 spiro atoms. The van der Waals surface area contributed by atoms with E-state index in [0.717, 1.165) is 29.3 Å². The van der Waals surface area contributed by atoms with Gasteiger partial charge in [-0.1, -0.05) is 17.7 Å². The molecule has 20 heavy (non-hydrogen) atoms. The van der Waals surface area contributed by atoms with Gasteiger partial charge in [-0.25, -0.2) is 0 Å². The molecule has 1 aliphatic rings. The number of halogens is 1. The standard InChI is InChI=1S/C17H24ClNO/c1-17(2,3)19-12-13-11-14(18)9-10-16(13)20-15-7-5-4-6-8-15/h5,7,9-11,15,19H,4,6,8,12H2,1-3H3. The summed E-state index contributed by atoms with van der Waals surface area (Å²) in [7, 11) is 0. The van der Waals surface area contributed by atoms with Crippen LogP contribution in [0.1, 0.15) is 45.6 Å². The monoisotopic (exact) mass is 293 g/mol. The van der Waals surface area contributed by atoms with Crippen molar-refractivity contribution in [1.29, 1.82) is 0 Å². The van der Waals surface area contributed by atoms with Gasteiger partial charge in [-0.05, 0) is 64.3 Å². The SMILES string of the molecule is CC(C)(C)NCc1cc(Cl)ccc1OC1C=CCCC1. The average Bonchev–Trinajstić information content (AvgIpc) is 2.39. The van der Waals surface area contributed by atoms with Crippen molar-refractivity contribution in [1.82, 2.24) is 5.32 Å². The van der Waals surface area contributed by atoms with Crippen LogP contribution in [-0.2, 0) is 6.54 Å². The number of benzene rings is 1. The Morgan fingerprint density at radius 3 is 2.80 bits per heavy atom. The summed E-state index contributed by atoms with van der Waals surface area (Å²) >= 11 is 6.11. The summed E-state index contributed by atoms with van der Waals surface area (Å²) in [6.45, 7) is 7.22. The van der Waals surface area contributed by atoms with Crippen molar-refractivity contribution in [3.05, 3.63) is 40.9 Å². The lowest BCUT2D eigenvalue weighted by Gasteiger charge is -2.24. The third-order valence-corrected chi connectivity index (χ3v) is 3.56. The number of hydrogen-bond acceptors (Lipinski definition) is 2. The zero-order valence-corrected chi connectivity index (χ0v) is 13.3. The zero-order chi connectivity index (χ0) is 14.6. The van der Waals surface area contributed by atoms with Gasteiger partial charge >= 0.3 is 0 Å². The average molecular weight is 294 g/mol. The summed E-state index contributed by atoms with van der Waals surface area (Å²) < 4.78 is 6.12. The fourth-order valence-corrected chi connectivity index (χ4v) is 2.40. The fourth-order valence-electron chi connectivity index (χ4n) is 2.20. The molecular formula is C17H24ClNO. The summed E-state index contributed by atoms with van der Waals surface area (Å²) in [5.74, 6) is 0.933. The molecule has 0 amide bonds. The second-order valence-electron chi connectivity index (χ2n) is 6.37. The first kappa shape index (κ1) is 15.4. The first-order valence-corrected chi connectivity index (χ1v) is 7.69. The highest BCUT2D eigenvalue weighted by atomic mass is 35.5. The molecule has 1 aromatic rings. The van der Waals surface area contributed by atoms with Crippen molar-refractivity contribution < 1.29 is 4.74 Å². The predicted octanol–water partition coefficient (Wildman–Crippen LogP) is 4.72. The quantitative estimate of drug-likeness (QED) is 0.811. The first-order chi connectivity index (χ1) is 9.44. The highest BCUT2D eigenvalue weighted by Crippen LogP contribution is 2.26. The van der Waals surface area contributed by atoms with Crippen LogP contribution in [0.3, 0.4) is 0 Å². The largest absolute Gasteiger partial charge is 0.486 e. The van der Waals surface area contributed by atoms with Crippen LogP contribution in [0.15, 0.2) is 30.4 Å². The van der Waals surface area contributed by atoms with E-state index in [0.29, 0.717) is 0 Å². The Bertz CT molecular complexity index is 476. The lowest BCUT2D eigenvalue weighted by Crippen LogP contribution is -2.35. The number of hydrogen-bond donors (Lipinski definition) is 1. The van der Waals surface area contributed by atoms with Gasteiger partial charge in [-0.2, -0.15) is 0 Å². The van der Waals surface area contributed by atoms with E-state index >= 15 is 0 Å². The maximum absolute atomic E-state index is 6.12. The number of rotatable bonds is 4. The highest BCUT2D eigenvalue weighted by Gasteiger charge is 2.15. The molecule has 1 atom stereocenters. The van der Waals surface area contributed by atoms with E-state index in [1.807, 2.05) is 18.2 Å². The number of allylic oxidation sites excluding steroid dienone is 1. The van der Waals surface area contributed by atoms with Crippen LogP contribution in [0.5, 0.6) is 5.75 Å². The maximum atomic E-state index is 6.12. The molecule has 0 fully saturated rings. The summed E-state index contributed by atoms with van der Waals surface area (Å²) in [4.78, 5) is 0. The van der Waals surface area contributed by atoms with Crippen molar-refractivity contribution in [2.24, 2.45) is 0 Å². The molecule has 0 radical (unpaired) electrons. The molecule has 1 aromatic carbocycles. The molecule has 110 valence electrons. The van der Waals surface area contributed by atoms with Crippen molar-refractivity contribution in [3.8, 4) is 5.75 Å². The van der Waals surface area contributed by atoms with Gasteiger partial charge in [0.05, 0.1) is 0 Å². The number of ether oxygens (including phenoxy) is 1. The van der Waals surface area contributed by atoms with Gasteiger partial charge in [-0.15, -0.1) is 0 Å². The van der Waals surface area contributed by atoms with E-state index in [1.165, 1.54) is 12.8 Å². The normalized spacial score (nSPS) is 19.1. The summed E-state index contributed by atoms with van der Waals surface area (Å²) in [5, 5.41) is 4.24. The van der Waals surface area contributed by atoms with Crippen LogP contribution in [0, 0.1) is 0 Å². The van der Waals surface area contributed by atoms with Gasteiger partial charge < -0.3 is 10.1 Å². The molecule has 1 N–H and O–H groups in total. The van der Waals surface area contributed by atoms with Crippen LogP contribution >= 0.6 is 11.6 Å². The Morgan fingerprint density at radius 2 is 2.15 bits per heavy atom. The van der Waals surface area contributed by atoms with Crippen LogP contribution in [0.4, 0.5) is 0 Å². The van der Waals surface area contributed by atoms with E-state index in [1.54, 1.807) is 0 Å². The fraction of sp³-hybridized carbons (Fsp3) is 0.529. The second-order valence-corrected chi connectivity index (χ2v) is 6.81. The first-order valence-electron chi connectivity index (χ1n) is 7.31. The smallest absolute Gasteiger partial charge is 0.124 e. The molecule has 0 saturated heterocycles. The topological polar surface area (TPSA) is 21.3 Å². The Morgan fingerprint density at radius 1 is 1.35 bits per heavy atom. The highest BCUT2D eigenvalue weighted by molar-refractivity contribution is 6.30. The minimum absolute atomic E-state index is 0.0737. The van der Waals surface area contributed by atoms with Gasteiger partial charge in [0.2, 0.25) is 0 Å². The van der Waals surface area contributed by atoms with E-state index in [-0.39, 0.29) is 11.6 Å². The van der Waals surface area contributed by atoms with Gasteiger partial charge in [0.1, 0.15) is 11.9 Å². The molecule has 0 saturated carbocycles. The van der Waals surface area contributed by atoms with E-state index in [9.17, 15) is 0 Å². The van der Waals surface area contributed by atoms with Gasteiger partial charge in [0.15, 0.2) is 0 Å². The molecule has 1 unspecified atom stereocenters. The Labute approximate surface area is 127 Å². The molecule has 0 aromatic heterocycles. The zero-order valence-electron chi connectivity index (χ0n) is 12.6. The molecule has 0 heterocycles. The maximum Gasteiger partial charge on any atom is 0.124 e. The summed E-state index contributed by atoms with van der Waals surface area (Å²) in [5.41, 5.74) is 1.19. The second kappa shape index (κ2) is 6.64. The van der Waals surface area contributed by atoms with Gasteiger partial charge in [0.25, 0.3) is 0 Å². The minimum atomic E-state index is 0.0737. The Balaban J connectivity index is 2.10. The lowest BCUT2D eigenvalue weighted by molar-refractivity contribution is 0.226. The van der Waals surface area contributed by atoms with E-state index in [4.69, 9.17) is 16.3 Å². The molecule has 2 rings (SSSR count). The van der Waals surface area contributed by atoms with Crippen molar-refractivity contribution in [3.63, 3.8) is 0 Å². The molecular weight excluding hydrogens is 270 g/mol. The Kier molecular flexibility index (Phi) is 5.11. The minimum Gasteiger partial charge on any atom is -0.486 e. The number of nitrogens with one attached hydrogen (secondary N) is 1. The van der Waals surface area contributed by atoms with Crippen molar-refractivity contribution in [2.45, 2.75) is 58.2 Å². The van der Waals surface area contributed by atoms with Crippen LogP contribution in [-0.4, -0.2) is 11.6 Å². The molecule has 0 aliphatic heterocycles. The lowest BCUT2D eigenvalue weighted by atomic mass is 10.0. The van der Waals surface area contributed by atoms with E-state index in [2.05, 4.69) is 38.2 Å². The van der Waals surface area contributed by atoms with E-state index < -0.39 is 0 Å². The molecule has 2 nitrogen and oxygen atoms in total. The van der Waals surface area contributed by atoms with Gasteiger partial charge in [-0.3, -0.25) is 0 Å². The third kappa shape index (κ3) is 4.84. The third-order valence-electron chi connectivity index (χ3n) is 3.32. The van der Waals surface area contributed by atoms with Crippen molar-refractivity contribution in [2.75, 3.05) is 0 Å². The summed E-state index contributed by atoms with van der Waals surface area (Å²) in [6.07, 6.45) is 8.02. The van der Waals surface area contributed by atoms with Crippen molar-refractivity contribution >= 4 is 11.6 Å². The van der Waals surface area contributed by atoms with Crippen LogP contribution in [0.2, 0.25) is 5.02 Å². The summed E-state index contributed by atoms with van der Waals surface area (Å²) in [6, 6.07) is 5.86.